The fourth-order valence-corrected chi connectivity index (χ4v) is 2.17. The van der Waals surface area contributed by atoms with Gasteiger partial charge in [-0.25, -0.2) is 0 Å². The van der Waals surface area contributed by atoms with Crippen LogP contribution in [0.15, 0.2) is 41.0 Å². The van der Waals surface area contributed by atoms with E-state index in [9.17, 15) is 0 Å². The van der Waals surface area contributed by atoms with Crippen molar-refractivity contribution in [2.45, 2.75) is 39.8 Å². The molecule has 3 nitrogen and oxygen atoms in total. The number of aryl methyl sites for hydroxylation is 1. The topological polar surface area (TPSA) is 34.1 Å². The van der Waals surface area contributed by atoms with Crippen molar-refractivity contribution in [3.63, 3.8) is 0 Å². The number of aromatic nitrogens is 1. The summed E-state index contributed by atoms with van der Waals surface area (Å²) >= 11 is 3.50. The van der Waals surface area contributed by atoms with E-state index in [0.717, 1.165) is 33.8 Å². The van der Waals surface area contributed by atoms with Gasteiger partial charge < -0.3 is 10.1 Å². The molecular formula is C17H21BrN2O. The molecule has 0 aliphatic heterocycles. The lowest BCUT2D eigenvalue weighted by atomic mass is 10.1. The summed E-state index contributed by atoms with van der Waals surface area (Å²) in [5.74, 6) is 1.63. The van der Waals surface area contributed by atoms with Gasteiger partial charge in [-0.1, -0.05) is 22.0 Å². The Hall–Kier alpha value is -1.39. The second kappa shape index (κ2) is 6.58. The molecule has 1 N–H and O–H groups in total. The molecule has 0 saturated heterocycles. The Morgan fingerprint density at radius 1 is 1.19 bits per heavy atom. The molecule has 0 saturated carbocycles. The molecule has 112 valence electrons. The molecule has 2 rings (SSSR count). The van der Waals surface area contributed by atoms with Gasteiger partial charge in [-0.05, 0) is 52.0 Å². The Morgan fingerprint density at radius 3 is 2.62 bits per heavy atom. The zero-order valence-corrected chi connectivity index (χ0v) is 14.5. The quantitative estimate of drug-likeness (QED) is 0.858. The van der Waals surface area contributed by atoms with Gasteiger partial charge in [-0.15, -0.1) is 0 Å². The molecule has 2 aromatic rings. The van der Waals surface area contributed by atoms with Crippen molar-refractivity contribution in [3.05, 3.63) is 52.3 Å². The average molecular weight is 349 g/mol. The van der Waals surface area contributed by atoms with Crippen molar-refractivity contribution in [3.8, 4) is 11.5 Å². The fraction of sp³-hybridized carbons (Fsp3) is 0.353. The molecular weight excluding hydrogens is 328 g/mol. The van der Waals surface area contributed by atoms with Crippen molar-refractivity contribution in [2.24, 2.45) is 0 Å². The standard InChI is InChI=1S/C17H21BrN2O/c1-12-15(6-5-9-19-12)21-16-10-14(18)8-7-13(16)11-20-17(2,3)4/h5-10,20H,11H2,1-4H3. The van der Waals surface area contributed by atoms with Crippen molar-refractivity contribution >= 4 is 15.9 Å². The molecule has 0 bridgehead atoms. The minimum atomic E-state index is 0.0641. The van der Waals surface area contributed by atoms with Gasteiger partial charge in [0.15, 0.2) is 0 Å². The zero-order chi connectivity index (χ0) is 15.5. The number of ether oxygens (including phenoxy) is 1. The summed E-state index contributed by atoms with van der Waals surface area (Å²) in [6.45, 7) is 9.15. The highest BCUT2D eigenvalue weighted by atomic mass is 79.9. The Labute approximate surface area is 134 Å². The van der Waals surface area contributed by atoms with E-state index in [1.165, 1.54) is 0 Å². The molecule has 0 atom stereocenters. The summed E-state index contributed by atoms with van der Waals surface area (Å²) in [5, 5.41) is 3.49. The second-order valence-corrected chi connectivity index (χ2v) is 6.96. The van der Waals surface area contributed by atoms with Crippen molar-refractivity contribution in [1.29, 1.82) is 0 Å². The van der Waals surface area contributed by atoms with Gasteiger partial charge in [0.25, 0.3) is 0 Å². The first-order valence-electron chi connectivity index (χ1n) is 6.98. The lowest BCUT2D eigenvalue weighted by molar-refractivity contribution is 0.413. The first-order valence-corrected chi connectivity index (χ1v) is 7.77. The molecule has 4 heteroatoms. The van der Waals surface area contributed by atoms with E-state index in [1.807, 2.05) is 31.2 Å². The van der Waals surface area contributed by atoms with Crippen LogP contribution in [0.25, 0.3) is 0 Å². The number of hydrogen-bond acceptors (Lipinski definition) is 3. The molecule has 1 aromatic heterocycles. The predicted octanol–water partition coefficient (Wildman–Crippen LogP) is 4.83. The molecule has 0 aliphatic rings. The van der Waals surface area contributed by atoms with Crippen molar-refractivity contribution < 1.29 is 4.74 Å². The first-order chi connectivity index (χ1) is 9.85. The van der Waals surface area contributed by atoms with Crippen LogP contribution >= 0.6 is 15.9 Å². The Kier molecular flexibility index (Phi) is 5.01. The maximum absolute atomic E-state index is 6.05. The fourth-order valence-electron chi connectivity index (χ4n) is 1.83. The van der Waals surface area contributed by atoms with Gasteiger partial charge in [0.05, 0.1) is 5.69 Å². The van der Waals surface area contributed by atoms with Crippen LogP contribution in [0.4, 0.5) is 0 Å². The highest BCUT2D eigenvalue weighted by Crippen LogP contribution is 2.30. The zero-order valence-electron chi connectivity index (χ0n) is 12.9. The minimum Gasteiger partial charge on any atom is -0.455 e. The predicted molar refractivity (Wildman–Crippen MR) is 89.8 cm³/mol. The molecule has 0 radical (unpaired) electrons. The number of halogens is 1. The van der Waals surface area contributed by atoms with Crippen LogP contribution in [0, 0.1) is 6.92 Å². The van der Waals surface area contributed by atoms with Gasteiger partial charge in [0.2, 0.25) is 0 Å². The molecule has 1 aromatic carbocycles. The van der Waals surface area contributed by atoms with Crippen LogP contribution in [0.5, 0.6) is 11.5 Å². The number of benzene rings is 1. The minimum absolute atomic E-state index is 0.0641. The molecule has 0 spiro atoms. The van der Waals surface area contributed by atoms with Crippen LogP contribution in [0.3, 0.4) is 0 Å². The van der Waals surface area contributed by atoms with Gasteiger partial charge in [0, 0.05) is 28.3 Å². The van der Waals surface area contributed by atoms with Gasteiger partial charge in [-0.2, -0.15) is 0 Å². The summed E-state index contributed by atoms with van der Waals surface area (Å²) < 4.78 is 7.05. The molecule has 0 fully saturated rings. The number of pyridine rings is 1. The van der Waals surface area contributed by atoms with Crippen LogP contribution in [0.2, 0.25) is 0 Å². The highest BCUT2D eigenvalue weighted by Gasteiger charge is 2.12. The third kappa shape index (κ3) is 4.83. The average Bonchev–Trinajstić information content (AvgIpc) is 2.39. The van der Waals surface area contributed by atoms with Crippen molar-refractivity contribution in [2.75, 3.05) is 0 Å². The SMILES string of the molecule is Cc1ncccc1Oc1cc(Br)ccc1CNC(C)(C)C. The van der Waals surface area contributed by atoms with E-state index < -0.39 is 0 Å². The summed E-state index contributed by atoms with van der Waals surface area (Å²) in [7, 11) is 0. The molecule has 21 heavy (non-hydrogen) atoms. The molecule has 0 unspecified atom stereocenters. The summed E-state index contributed by atoms with van der Waals surface area (Å²) in [4.78, 5) is 4.26. The number of hydrogen-bond donors (Lipinski definition) is 1. The van der Waals surface area contributed by atoms with E-state index in [0.29, 0.717) is 0 Å². The third-order valence-corrected chi connectivity index (χ3v) is 3.51. The third-order valence-electron chi connectivity index (χ3n) is 3.02. The maximum atomic E-state index is 6.05. The summed E-state index contributed by atoms with van der Waals surface area (Å²) in [6.07, 6.45) is 1.77. The van der Waals surface area contributed by atoms with E-state index >= 15 is 0 Å². The maximum Gasteiger partial charge on any atom is 0.148 e. The van der Waals surface area contributed by atoms with Gasteiger partial charge >= 0.3 is 0 Å². The lowest BCUT2D eigenvalue weighted by Gasteiger charge is -2.22. The normalized spacial score (nSPS) is 11.5. The highest BCUT2D eigenvalue weighted by molar-refractivity contribution is 9.10. The second-order valence-electron chi connectivity index (χ2n) is 6.04. The molecule has 0 aliphatic carbocycles. The smallest absolute Gasteiger partial charge is 0.148 e. The summed E-state index contributed by atoms with van der Waals surface area (Å²) in [6, 6.07) is 9.91. The van der Waals surface area contributed by atoms with E-state index in [-0.39, 0.29) is 5.54 Å². The van der Waals surface area contributed by atoms with Gasteiger partial charge in [-0.3, -0.25) is 4.98 Å². The largest absolute Gasteiger partial charge is 0.455 e. The number of nitrogens with one attached hydrogen (secondary N) is 1. The van der Waals surface area contributed by atoms with Crippen molar-refractivity contribution in [1.82, 2.24) is 10.3 Å². The van der Waals surface area contributed by atoms with E-state index in [1.54, 1.807) is 6.20 Å². The van der Waals surface area contributed by atoms with Gasteiger partial charge in [0.1, 0.15) is 11.5 Å². The monoisotopic (exact) mass is 348 g/mol. The van der Waals surface area contributed by atoms with Crippen LogP contribution < -0.4 is 10.1 Å². The van der Waals surface area contributed by atoms with E-state index in [2.05, 4.69) is 53.1 Å². The summed E-state index contributed by atoms with van der Waals surface area (Å²) in [5.41, 5.74) is 2.07. The Balaban J connectivity index is 2.25. The van der Waals surface area contributed by atoms with E-state index in [4.69, 9.17) is 4.74 Å². The van der Waals surface area contributed by atoms with Crippen LogP contribution in [0.1, 0.15) is 32.0 Å². The lowest BCUT2D eigenvalue weighted by Crippen LogP contribution is -2.35. The first kappa shape index (κ1) is 16.0. The Bertz CT molecular complexity index is 620. The molecule has 0 amide bonds. The van der Waals surface area contributed by atoms with Crippen LogP contribution in [-0.4, -0.2) is 10.5 Å². The van der Waals surface area contributed by atoms with Crippen LogP contribution in [-0.2, 0) is 6.54 Å². The number of rotatable bonds is 4. The molecule has 1 heterocycles. The number of nitrogens with zero attached hydrogens (tertiary/aromatic N) is 1. The Morgan fingerprint density at radius 2 is 1.95 bits per heavy atom.